The highest BCUT2D eigenvalue weighted by molar-refractivity contribution is 7.17. The molecule has 0 bridgehead atoms. The average molecular weight is 407 g/mol. The van der Waals surface area contributed by atoms with Crippen LogP contribution in [0.2, 0.25) is 5.02 Å². The zero-order chi connectivity index (χ0) is 19.0. The average Bonchev–Trinajstić information content (AvgIpc) is 3.21. The maximum absolute atomic E-state index is 12.7. The van der Waals surface area contributed by atoms with Gasteiger partial charge in [0.05, 0.1) is 5.56 Å². The third-order valence-electron chi connectivity index (χ3n) is 3.77. The molecule has 0 amide bonds. The third kappa shape index (κ3) is 3.72. The van der Waals surface area contributed by atoms with Crippen LogP contribution in [0.25, 0.3) is 28.5 Å². The molecule has 27 heavy (non-hydrogen) atoms. The van der Waals surface area contributed by atoms with Crippen molar-refractivity contribution in [1.29, 1.82) is 0 Å². The zero-order valence-corrected chi connectivity index (χ0v) is 15.1. The summed E-state index contributed by atoms with van der Waals surface area (Å²) in [4.78, 5) is 0.556. The van der Waals surface area contributed by atoms with Gasteiger partial charge in [-0.2, -0.15) is 22.8 Å². The number of hydrogen-bond acceptors (Lipinski definition) is 4. The standard InChI is InChI=1S/C18H10ClF3N4S/c19-14-8-1-11(2-9-14)3-10-15-25-26-16(23-24-17(26)27-15)12-4-6-13(7-5-12)18(20,21)22/h1-10H. The van der Waals surface area contributed by atoms with Gasteiger partial charge < -0.3 is 0 Å². The lowest BCUT2D eigenvalue weighted by molar-refractivity contribution is -0.137. The lowest BCUT2D eigenvalue weighted by Gasteiger charge is -2.06. The maximum atomic E-state index is 12.7. The molecule has 2 aromatic heterocycles. The van der Waals surface area contributed by atoms with Crippen molar-refractivity contribution in [3.05, 3.63) is 69.7 Å². The van der Waals surface area contributed by atoms with Crippen LogP contribution in [0.1, 0.15) is 16.1 Å². The third-order valence-corrected chi connectivity index (χ3v) is 4.88. The Hall–Kier alpha value is -2.71. The molecule has 0 aliphatic heterocycles. The van der Waals surface area contributed by atoms with E-state index in [-0.39, 0.29) is 0 Å². The highest BCUT2D eigenvalue weighted by Gasteiger charge is 2.30. The monoisotopic (exact) mass is 406 g/mol. The molecule has 2 heterocycles. The fourth-order valence-electron chi connectivity index (χ4n) is 2.43. The molecule has 9 heteroatoms. The van der Waals surface area contributed by atoms with Gasteiger partial charge in [0.25, 0.3) is 0 Å². The predicted octanol–water partition coefficient (Wildman–Crippen LogP) is 5.70. The van der Waals surface area contributed by atoms with E-state index in [4.69, 9.17) is 11.6 Å². The Morgan fingerprint density at radius 1 is 0.926 bits per heavy atom. The number of halogens is 4. The summed E-state index contributed by atoms with van der Waals surface area (Å²) in [6.45, 7) is 0. The van der Waals surface area contributed by atoms with Crippen molar-refractivity contribution in [2.45, 2.75) is 6.18 Å². The highest BCUT2D eigenvalue weighted by atomic mass is 35.5. The molecule has 0 spiro atoms. The van der Waals surface area contributed by atoms with Crippen molar-refractivity contribution in [2.24, 2.45) is 0 Å². The molecule has 4 rings (SSSR count). The van der Waals surface area contributed by atoms with E-state index in [1.54, 1.807) is 12.1 Å². The molecule has 0 radical (unpaired) electrons. The Balaban J connectivity index is 1.63. The molecule has 136 valence electrons. The van der Waals surface area contributed by atoms with Crippen LogP contribution in [-0.4, -0.2) is 19.8 Å². The van der Waals surface area contributed by atoms with E-state index in [2.05, 4.69) is 15.3 Å². The maximum Gasteiger partial charge on any atom is 0.416 e. The summed E-state index contributed by atoms with van der Waals surface area (Å²) >= 11 is 7.19. The highest BCUT2D eigenvalue weighted by Crippen LogP contribution is 2.31. The van der Waals surface area contributed by atoms with Crippen LogP contribution in [0.4, 0.5) is 13.2 Å². The number of rotatable bonds is 3. The van der Waals surface area contributed by atoms with Gasteiger partial charge in [0.15, 0.2) is 5.82 Å². The van der Waals surface area contributed by atoms with Crippen LogP contribution < -0.4 is 0 Å². The summed E-state index contributed by atoms with van der Waals surface area (Å²) < 4.78 is 39.6. The van der Waals surface area contributed by atoms with Crippen molar-refractivity contribution in [1.82, 2.24) is 19.8 Å². The van der Waals surface area contributed by atoms with Gasteiger partial charge in [-0.05, 0) is 35.9 Å². The summed E-state index contributed by atoms with van der Waals surface area (Å²) in [7, 11) is 0. The van der Waals surface area contributed by atoms with Gasteiger partial charge in [0.2, 0.25) is 4.96 Å². The van der Waals surface area contributed by atoms with E-state index < -0.39 is 11.7 Å². The fraction of sp³-hybridized carbons (Fsp3) is 0.0556. The SMILES string of the molecule is FC(F)(F)c1ccc(-c2nnc3sc(C=Cc4ccc(Cl)cc4)nn23)cc1. The van der Waals surface area contributed by atoms with Gasteiger partial charge in [-0.15, -0.1) is 10.2 Å². The number of nitrogens with zero attached hydrogens (tertiary/aromatic N) is 4. The van der Waals surface area contributed by atoms with Gasteiger partial charge in [0, 0.05) is 10.6 Å². The van der Waals surface area contributed by atoms with Gasteiger partial charge in [-0.1, -0.05) is 53.3 Å². The molecule has 0 unspecified atom stereocenters. The van der Waals surface area contributed by atoms with Crippen molar-refractivity contribution in [3.8, 4) is 11.4 Å². The molecular weight excluding hydrogens is 397 g/mol. The molecule has 4 nitrogen and oxygen atoms in total. The smallest absolute Gasteiger partial charge is 0.182 e. The minimum atomic E-state index is -4.38. The largest absolute Gasteiger partial charge is 0.416 e. The first-order chi connectivity index (χ1) is 12.9. The van der Waals surface area contributed by atoms with Crippen LogP contribution in [0.5, 0.6) is 0 Å². The van der Waals surface area contributed by atoms with Crippen molar-refractivity contribution >= 4 is 40.1 Å². The minimum absolute atomic E-state index is 0.390. The number of alkyl halides is 3. The number of hydrogen-bond donors (Lipinski definition) is 0. The lowest BCUT2D eigenvalue weighted by Crippen LogP contribution is -2.04. The molecular formula is C18H10ClF3N4S. The van der Waals surface area contributed by atoms with E-state index >= 15 is 0 Å². The van der Waals surface area contributed by atoms with Gasteiger partial charge in [0.1, 0.15) is 5.01 Å². The number of benzene rings is 2. The Morgan fingerprint density at radius 3 is 2.30 bits per heavy atom. The molecule has 4 aromatic rings. The molecule has 0 saturated heterocycles. The summed E-state index contributed by atoms with van der Waals surface area (Å²) in [5, 5.41) is 13.9. The summed E-state index contributed by atoms with van der Waals surface area (Å²) in [6.07, 6.45) is -0.655. The Morgan fingerprint density at radius 2 is 1.63 bits per heavy atom. The van der Waals surface area contributed by atoms with E-state index in [0.29, 0.717) is 26.4 Å². The van der Waals surface area contributed by atoms with Gasteiger partial charge in [-0.3, -0.25) is 0 Å². The normalized spacial score (nSPS) is 12.3. The fourth-order valence-corrected chi connectivity index (χ4v) is 3.30. The molecule has 0 fully saturated rings. The van der Waals surface area contributed by atoms with Crippen LogP contribution >= 0.6 is 22.9 Å². The lowest BCUT2D eigenvalue weighted by atomic mass is 10.1. The Labute approximate surface area is 160 Å². The van der Waals surface area contributed by atoms with Gasteiger partial charge >= 0.3 is 6.18 Å². The molecule has 0 saturated carbocycles. The Kier molecular flexibility index (Phi) is 4.45. The number of fused-ring (bicyclic) bond motifs is 1. The quantitative estimate of drug-likeness (QED) is 0.438. The van der Waals surface area contributed by atoms with Crippen molar-refractivity contribution in [2.75, 3.05) is 0 Å². The number of aromatic nitrogens is 4. The molecule has 0 aliphatic rings. The molecule has 0 aliphatic carbocycles. The van der Waals surface area contributed by atoms with E-state index in [9.17, 15) is 13.2 Å². The first kappa shape index (κ1) is 17.7. The van der Waals surface area contributed by atoms with Crippen LogP contribution in [-0.2, 0) is 6.18 Å². The second kappa shape index (κ2) is 6.79. The Bertz CT molecular complexity index is 1110. The summed E-state index contributed by atoms with van der Waals surface area (Å²) in [5.41, 5.74) is 0.763. The molecule has 2 aromatic carbocycles. The topological polar surface area (TPSA) is 43.1 Å². The minimum Gasteiger partial charge on any atom is -0.182 e. The second-order valence-electron chi connectivity index (χ2n) is 5.62. The molecule has 0 N–H and O–H groups in total. The van der Waals surface area contributed by atoms with E-state index in [0.717, 1.165) is 17.7 Å². The molecule has 0 atom stereocenters. The van der Waals surface area contributed by atoms with Crippen molar-refractivity contribution < 1.29 is 13.2 Å². The van der Waals surface area contributed by atoms with E-state index in [1.807, 2.05) is 24.3 Å². The first-order valence-corrected chi connectivity index (χ1v) is 8.93. The predicted molar refractivity (Wildman–Crippen MR) is 99.5 cm³/mol. The zero-order valence-electron chi connectivity index (χ0n) is 13.5. The van der Waals surface area contributed by atoms with Crippen LogP contribution in [0.15, 0.2) is 48.5 Å². The van der Waals surface area contributed by atoms with Crippen LogP contribution in [0, 0.1) is 0 Å². The van der Waals surface area contributed by atoms with Crippen LogP contribution in [0.3, 0.4) is 0 Å². The first-order valence-electron chi connectivity index (χ1n) is 7.74. The van der Waals surface area contributed by atoms with Gasteiger partial charge in [-0.25, -0.2) is 0 Å². The van der Waals surface area contributed by atoms with E-state index in [1.165, 1.54) is 28.0 Å². The summed E-state index contributed by atoms with van der Waals surface area (Å²) in [6, 6.07) is 12.1. The van der Waals surface area contributed by atoms with Crippen molar-refractivity contribution in [3.63, 3.8) is 0 Å². The summed E-state index contributed by atoms with van der Waals surface area (Å²) in [5.74, 6) is 0.390. The second-order valence-corrected chi connectivity index (χ2v) is 7.04.